The van der Waals surface area contributed by atoms with E-state index in [1.165, 1.54) is 29.1 Å². The molecular formula is C19H32N2OS. The van der Waals surface area contributed by atoms with Crippen molar-refractivity contribution >= 4 is 17.4 Å². The molecule has 0 amide bonds. The zero-order valence-corrected chi connectivity index (χ0v) is 16.2. The largest absolute Gasteiger partial charge is 0.379 e. The number of ether oxygens (including phenoxy) is 1. The van der Waals surface area contributed by atoms with Gasteiger partial charge in [0, 0.05) is 48.6 Å². The van der Waals surface area contributed by atoms with Gasteiger partial charge in [0.1, 0.15) is 0 Å². The number of rotatable bonds is 3. The van der Waals surface area contributed by atoms with E-state index < -0.39 is 0 Å². The number of thioether (sulfide) groups is 1. The molecule has 130 valence electrons. The first-order valence-electron chi connectivity index (χ1n) is 8.80. The van der Waals surface area contributed by atoms with Gasteiger partial charge in [0.25, 0.3) is 0 Å². The van der Waals surface area contributed by atoms with Crippen molar-refractivity contribution in [2.24, 2.45) is 0 Å². The molecule has 1 fully saturated rings. The molecule has 1 aromatic carbocycles. The Morgan fingerprint density at radius 1 is 1.04 bits per heavy atom. The van der Waals surface area contributed by atoms with E-state index in [1.807, 2.05) is 11.8 Å². The molecule has 0 saturated carbocycles. The molecule has 0 spiro atoms. The smallest absolute Gasteiger partial charge is 0.0594 e. The zero-order valence-electron chi connectivity index (χ0n) is 15.3. The summed E-state index contributed by atoms with van der Waals surface area (Å²) in [7, 11) is 2.18. The lowest BCUT2D eigenvalue weighted by atomic mass is 10.2. The van der Waals surface area contributed by atoms with Crippen molar-refractivity contribution in [2.75, 3.05) is 44.8 Å². The molecule has 0 atom stereocenters. The van der Waals surface area contributed by atoms with Gasteiger partial charge in [-0.3, -0.25) is 4.90 Å². The van der Waals surface area contributed by atoms with Gasteiger partial charge >= 0.3 is 0 Å². The maximum atomic E-state index is 5.21. The fourth-order valence-corrected chi connectivity index (χ4v) is 3.83. The number of hydrogen-bond acceptors (Lipinski definition) is 4. The molecule has 0 unspecified atom stereocenters. The molecule has 2 aliphatic rings. The quantitative estimate of drug-likeness (QED) is 0.778. The average molecular weight is 337 g/mol. The van der Waals surface area contributed by atoms with E-state index in [2.05, 4.69) is 62.7 Å². The van der Waals surface area contributed by atoms with Crippen molar-refractivity contribution in [3.05, 3.63) is 23.8 Å². The predicted molar refractivity (Wildman–Crippen MR) is 102 cm³/mol. The van der Waals surface area contributed by atoms with E-state index in [-0.39, 0.29) is 0 Å². The fraction of sp³-hybridized carbons (Fsp3) is 0.684. The maximum Gasteiger partial charge on any atom is 0.0594 e. The highest BCUT2D eigenvalue weighted by atomic mass is 32.2. The highest BCUT2D eigenvalue weighted by molar-refractivity contribution is 7.99. The van der Waals surface area contributed by atoms with Gasteiger partial charge in [-0.25, -0.2) is 0 Å². The molecule has 1 aromatic rings. The molecule has 1 saturated heterocycles. The third-order valence-electron chi connectivity index (χ3n) is 4.33. The molecule has 3 rings (SSSR count). The van der Waals surface area contributed by atoms with E-state index >= 15 is 0 Å². The summed E-state index contributed by atoms with van der Waals surface area (Å²) in [4.78, 5) is 6.18. The molecule has 0 aromatic heterocycles. The Morgan fingerprint density at radius 3 is 2.30 bits per heavy atom. The molecule has 2 aliphatic heterocycles. The third kappa shape index (κ3) is 5.70. The molecule has 23 heavy (non-hydrogen) atoms. The summed E-state index contributed by atoms with van der Waals surface area (Å²) in [6.45, 7) is 14.1. The Kier molecular flexibility index (Phi) is 7.25. The van der Waals surface area contributed by atoms with Crippen molar-refractivity contribution < 1.29 is 4.74 Å². The van der Waals surface area contributed by atoms with Crippen LogP contribution in [-0.2, 0) is 11.2 Å². The summed E-state index contributed by atoms with van der Waals surface area (Å²) >= 11 is 1.94. The van der Waals surface area contributed by atoms with Gasteiger partial charge in [-0.15, -0.1) is 11.8 Å². The fourth-order valence-electron chi connectivity index (χ4n) is 2.96. The van der Waals surface area contributed by atoms with Crippen LogP contribution in [0.3, 0.4) is 0 Å². The van der Waals surface area contributed by atoms with E-state index in [0.717, 1.165) is 26.3 Å². The molecule has 3 nitrogen and oxygen atoms in total. The number of fused-ring (bicyclic) bond motifs is 1. The van der Waals surface area contributed by atoms with Crippen LogP contribution >= 0.6 is 11.8 Å². The SMILES string of the molecule is CC(C)N1CCOCC1.CC(C)Sc1ccc2c(c1)N(C)CC2. The molecule has 4 heteroatoms. The highest BCUT2D eigenvalue weighted by Gasteiger charge is 2.15. The van der Waals surface area contributed by atoms with Crippen molar-refractivity contribution in [1.82, 2.24) is 4.90 Å². The van der Waals surface area contributed by atoms with Crippen molar-refractivity contribution in [1.29, 1.82) is 0 Å². The van der Waals surface area contributed by atoms with Crippen molar-refractivity contribution in [3.63, 3.8) is 0 Å². The van der Waals surface area contributed by atoms with Crippen LogP contribution in [0.2, 0.25) is 0 Å². The molecule has 2 heterocycles. The second-order valence-corrected chi connectivity index (χ2v) is 8.52. The van der Waals surface area contributed by atoms with Gasteiger partial charge in [0.2, 0.25) is 0 Å². The first-order valence-corrected chi connectivity index (χ1v) is 9.68. The summed E-state index contributed by atoms with van der Waals surface area (Å²) in [5.41, 5.74) is 2.93. The highest BCUT2D eigenvalue weighted by Crippen LogP contribution is 2.32. The Morgan fingerprint density at radius 2 is 1.74 bits per heavy atom. The minimum atomic E-state index is 0.666. The van der Waals surface area contributed by atoms with Crippen LogP contribution in [-0.4, -0.2) is 56.1 Å². The van der Waals surface area contributed by atoms with Gasteiger partial charge in [-0.05, 0) is 38.0 Å². The normalized spacial score (nSPS) is 18.1. The topological polar surface area (TPSA) is 15.7 Å². The van der Waals surface area contributed by atoms with Crippen LogP contribution < -0.4 is 4.90 Å². The Bertz CT molecular complexity index is 484. The summed E-state index contributed by atoms with van der Waals surface area (Å²) in [5, 5.41) is 0.666. The van der Waals surface area contributed by atoms with Crippen LogP contribution in [0.1, 0.15) is 33.3 Å². The summed E-state index contributed by atoms with van der Waals surface area (Å²) < 4.78 is 5.21. The van der Waals surface area contributed by atoms with Crippen LogP contribution in [0.4, 0.5) is 5.69 Å². The van der Waals surface area contributed by atoms with Crippen LogP contribution in [0.15, 0.2) is 23.1 Å². The average Bonchev–Trinajstić information content (AvgIpc) is 2.89. The number of nitrogens with zero attached hydrogens (tertiary/aromatic N) is 2. The number of anilines is 1. The number of benzene rings is 1. The second kappa shape index (κ2) is 8.95. The van der Waals surface area contributed by atoms with Gasteiger partial charge in [0.15, 0.2) is 0 Å². The lowest BCUT2D eigenvalue weighted by molar-refractivity contribution is 0.0238. The minimum Gasteiger partial charge on any atom is -0.379 e. The minimum absolute atomic E-state index is 0.666. The summed E-state index contributed by atoms with van der Waals surface area (Å²) in [6, 6.07) is 7.55. The summed E-state index contributed by atoms with van der Waals surface area (Å²) in [5.74, 6) is 0. The predicted octanol–water partition coefficient (Wildman–Crippen LogP) is 3.91. The zero-order chi connectivity index (χ0) is 16.8. The van der Waals surface area contributed by atoms with Gasteiger partial charge in [-0.2, -0.15) is 0 Å². The molecular weight excluding hydrogens is 304 g/mol. The number of likely N-dealkylation sites (N-methyl/N-ethyl adjacent to an activating group) is 1. The Labute approximate surface area is 146 Å². The molecule has 0 radical (unpaired) electrons. The molecule has 0 N–H and O–H groups in total. The van der Waals surface area contributed by atoms with Crippen LogP contribution in [0.25, 0.3) is 0 Å². The first kappa shape index (κ1) is 18.6. The van der Waals surface area contributed by atoms with E-state index in [4.69, 9.17) is 4.74 Å². The summed E-state index contributed by atoms with van der Waals surface area (Å²) in [6.07, 6.45) is 1.21. The lowest BCUT2D eigenvalue weighted by Crippen LogP contribution is -2.40. The number of hydrogen-bond donors (Lipinski definition) is 0. The third-order valence-corrected chi connectivity index (χ3v) is 5.33. The van der Waals surface area contributed by atoms with Gasteiger partial charge in [0.05, 0.1) is 13.2 Å². The second-order valence-electron chi connectivity index (χ2n) is 6.87. The molecule has 0 bridgehead atoms. The van der Waals surface area contributed by atoms with Gasteiger partial charge in [-0.1, -0.05) is 19.9 Å². The van der Waals surface area contributed by atoms with Crippen molar-refractivity contribution in [3.8, 4) is 0 Å². The van der Waals surface area contributed by atoms with Gasteiger partial charge < -0.3 is 9.64 Å². The van der Waals surface area contributed by atoms with E-state index in [9.17, 15) is 0 Å². The van der Waals surface area contributed by atoms with Crippen LogP contribution in [0, 0.1) is 0 Å². The van der Waals surface area contributed by atoms with E-state index in [0.29, 0.717) is 11.3 Å². The maximum absolute atomic E-state index is 5.21. The monoisotopic (exact) mass is 336 g/mol. The lowest BCUT2D eigenvalue weighted by Gasteiger charge is -2.29. The van der Waals surface area contributed by atoms with Crippen LogP contribution in [0.5, 0.6) is 0 Å². The van der Waals surface area contributed by atoms with E-state index in [1.54, 1.807) is 0 Å². The standard InChI is InChI=1S/C12H17NS.C7H15NO/c1-9(2)14-11-5-4-10-6-7-13(3)12(10)8-11;1-7(2)8-3-5-9-6-4-8/h4-5,8-9H,6-7H2,1-3H3;7H,3-6H2,1-2H3. The van der Waals surface area contributed by atoms with Crippen molar-refractivity contribution in [2.45, 2.75) is 50.3 Å². The molecule has 0 aliphatic carbocycles. The first-order chi connectivity index (χ1) is 11.0. The Hall–Kier alpha value is -0.710. The Balaban J connectivity index is 0.000000185. The number of morpholine rings is 1.